The van der Waals surface area contributed by atoms with E-state index in [0.29, 0.717) is 32.0 Å². The van der Waals surface area contributed by atoms with Gasteiger partial charge in [-0.05, 0) is 18.9 Å². The molecule has 0 spiro atoms. The summed E-state index contributed by atoms with van der Waals surface area (Å²) in [6.45, 7) is 2.64. The topological polar surface area (TPSA) is 103 Å². The molecule has 0 unspecified atom stereocenters. The fourth-order valence-corrected chi connectivity index (χ4v) is 4.62. The Labute approximate surface area is 134 Å². The SMILES string of the molecule is O=C(c1ccc(=O)[nH]n1)N1CCN(C2CCS(=O)(=O)CC2)CC1. The summed E-state index contributed by atoms with van der Waals surface area (Å²) in [6, 6.07) is 3.01. The molecule has 1 N–H and O–H groups in total. The maximum absolute atomic E-state index is 12.3. The molecule has 2 fully saturated rings. The van der Waals surface area contributed by atoms with Crippen molar-refractivity contribution in [3.8, 4) is 0 Å². The van der Waals surface area contributed by atoms with Gasteiger partial charge in [0.05, 0.1) is 11.5 Å². The smallest absolute Gasteiger partial charge is 0.274 e. The lowest BCUT2D eigenvalue weighted by Gasteiger charge is -2.40. The Bertz CT molecular complexity index is 703. The van der Waals surface area contributed by atoms with Crippen molar-refractivity contribution in [2.24, 2.45) is 0 Å². The van der Waals surface area contributed by atoms with Gasteiger partial charge in [-0.2, -0.15) is 5.10 Å². The minimum absolute atomic E-state index is 0.188. The Morgan fingerprint density at radius 1 is 1.13 bits per heavy atom. The molecule has 9 heteroatoms. The summed E-state index contributed by atoms with van der Waals surface area (Å²) in [6.07, 6.45) is 1.36. The number of amides is 1. The predicted octanol–water partition coefficient (Wildman–Crippen LogP) is -0.895. The molecule has 126 valence electrons. The molecular weight excluding hydrogens is 320 g/mol. The number of rotatable bonds is 2. The number of sulfone groups is 1. The van der Waals surface area contributed by atoms with E-state index in [9.17, 15) is 18.0 Å². The fourth-order valence-electron chi connectivity index (χ4n) is 3.16. The van der Waals surface area contributed by atoms with Crippen molar-refractivity contribution < 1.29 is 13.2 Å². The molecular formula is C14H20N4O4S. The van der Waals surface area contributed by atoms with Crippen LogP contribution >= 0.6 is 0 Å². The molecule has 0 bridgehead atoms. The van der Waals surface area contributed by atoms with Crippen molar-refractivity contribution >= 4 is 15.7 Å². The van der Waals surface area contributed by atoms with Crippen LogP contribution in [0.15, 0.2) is 16.9 Å². The van der Waals surface area contributed by atoms with Crippen molar-refractivity contribution in [2.75, 3.05) is 37.7 Å². The van der Waals surface area contributed by atoms with E-state index in [-0.39, 0.29) is 28.7 Å². The Morgan fingerprint density at radius 2 is 1.78 bits per heavy atom. The monoisotopic (exact) mass is 340 g/mol. The van der Waals surface area contributed by atoms with Crippen molar-refractivity contribution in [3.05, 3.63) is 28.2 Å². The summed E-state index contributed by atoms with van der Waals surface area (Å²) < 4.78 is 23.0. The van der Waals surface area contributed by atoms with Crippen LogP contribution in [0.3, 0.4) is 0 Å². The van der Waals surface area contributed by atoms with Gasteiger partial charge in [-0.3, -0.25) is 14.5 Å². The molecule has 2 saturated heterocycles. The Kier molecular flexibility index (Phi) is 4.49. The largest absolute Gasteiger partial charge is 0.335 e. The maximum atomic E-state index is 12.3. The highest BCUT2D eigenvalue weighted by atomic mass is 32.2. The molecule has 2 aliphatic heterocycles. The third kappa shape index (κ3) is 3.78. The van der Waals surface area contributed by atoms with Crippen molar-refractivity contribution in [3.63, 3.8) is 0 Å². The van der Waals surface area contributed by atoms with E-state index in [0.717, 1.165) is 13.1 Å². The first-order valence-corrected chi connectivity index (χ1v) is 9.56. The van der Waals surface area contributed by atoms with E-state index in [1.807, 2.05) is 0 Å². The number of nitrogens with zero attached hydrogens (tertiary/aromatic N) is 3. The number of aromatic nitrogens is 2. The number of hydrogen-bond donors (Lipinski definition) is 1. The first-order chi connectivity index (χ1) is 10.9. The van der Waals surface area contributed by atoms with Crippen LogP contribution in [0.2, 0.25) is 0 Å². The molecule has 1 amide bonds. The summed E-state index contributed by atoms with van der Waals surface area (Å²) in [7, 11) is -2.85. The highest BCUT2D eigenvalue weighted by molar-refractivity contribution is 7.91. The lowest BCUT2D eigenvalue weighted by atomic mass is 10.1. The summed E-state index contributed by atoms with van der Waals surface area (Å²) in [5, 5.41) is 6.04. The van der Waals surface area contributed by atoms with E-state index >= 15 is 0 Å². The third-order valence-corrected chi connectivity index (χ3v) is 6.26. The van der Waals surface area contributed by atoms with Gasteiger partial charge in [-0.15, -0.1) is 0 Å². The van der Waals surface area contributed by atoms with Gasteiger partial charge >= 0.3 is 0 Å². The molecule has 2 aliphatic rings. The number of aromatic amines is 1. The highest BCUT2D eigenvalue weighted by Gasteiger charge is 2.31. The zero-order valence-corrected chi connectivity index (χ0v) is 13.6. The van der Waals surface area contributed by atoms with Gasteiger partial charge in [0.15, 0.2) is 0 Å². The number of H-pyrrole nitrogens is 1. The first kappa shape index (κ1) is 16.1. The average Bonchev–Trinajstić information content (AvgIpc) is 2.55. The standard InChI is InChI=1S/C14H20N4O4S/c19-13-2-1-12(15-16-13)14(20)18-7-5-17(6-8-18)11-3-9-23(21,22)10-4-11/h1-2,11H,3-10H2,(H,16,19). The second-order valence-electron chi connectivity index (χ2n) is 6.02. The zero-order valence-electron chi connectivity index (χ0n) is 12.8. The molecule has 0 aromatic carbocycles. The number of carbonyl (C=O) groups is 1. The van der Waals surface area contributed by atoms with Crippen molar-refractivity contribution in [2.45, 2.75) is 18.9 Å². The number of hydrogen-bond acceptors (Lipinski definition) is 6. The molecule has 0 atom stereocenters. The predicted molar refractivity (Wildman–Crippen MR) is 84.0 cm³/mol. The molecule has 0 aliphatic carbocycles. The van der Waals surface area contributed by atoms with Crippen LogP contribution in [0.25, 0.3) is 0 Å². The second-order valence-corrected chi connectivity index (χ2v) is 8.32. The van der Waals surface area contributed by atoms with Crippen LogP contribution in [0.1, 0.15) is 23.3 Å². The summed E-state index contributed by atoms with van der Waals surface area (Å²) in [5.41, 5.74) is -0.0968. The van der Waals surface area contributed by atoms with Crippen LogP contribution < -0.4 is 5.56 Å². The van der Waals surface area contributed by atoms with E-state index in [1.165, 1.54) is 12.1 Å². The molecule has 0 radical (unpaired) electrons. The lowest BCUT2D eigenvalue weighted by Crippen LogP contribution is -2.53. The summed E-state index contributed by atoms with van der Waals surface area (Å²) >= 11 is 0. The second kappa shape index (κ2) is 6.40. The minimum Gasteiger partial charge on any atom is -0.335 e. The minimum atomic E-state index is -2.85. The van der Waals surface area contributed by atoms with Gasteiger partial charge in [-0.25, -0.2) is 13.5 Å². The van der Waals surface area contributed by atoms with Gasteiger partial charge < -0.3 is 4.90 Å². The molecule has 3 rings (SSSR count). The first-order valence-electron chi connectivity index (χ1n) is 7.74. The van der Waals surface area contributed by atoms with Crippen LogP contribution in [0.5, 0.6) is 0 Å². The number of nitrogens with one attached hydrogen (secondary N) is 1. The normalized spacial score (nSPS) is 22.9. The van der Waals surface area contributed by atoms with E-state index in [1.54, 1.807) is 4.90 Å². The quantitative estimate of drug-likeness (QED) is 0.749. The van der Waals surface area contributed by atoms with Crippen LogP contribution in [0.4, 0.5) is 0 Å². The molecule has 1 aromatic heterocycles. The Balaban J connectivity index is 1.55. The van der Waals surface area contributed by atoms with Gasteiger partial charge in [0.25, 0.3) is 11.5 Å². The zero-order chi connectivity index (χ0) is 16.4. The third-order valence-electron chi connectivity index (χ3n) is 4.54. The van der Waals surface area contributed by atoms with Crippen molar-refractivity contribution in [1.82, 2.24) is 20.0 Å². The van der Waals surface area contributed by atoms with Gasteiger partial charge in [0.2, 0.25) is 0 Å². The van der Waals surface area contributed by atoms with Gasteiger partial charge in [-0.1, -0.05) is 0 Å². The Hall–Kier alpha value is -1.74. The van der Waals surface area contributed by atoms with Gasteiger partial charge in [0, 0.05) is 38.3 Å². The average molecular weight is 340 g/mol. The van der Waals surface area contributed by atoms with E-state index in [4.69, 9.17) is 0 Å². The molecule has 8 nitrogen and oxygen atoms in total. The molecule has 1 aromatic rings. The summed E-state index contributed by atoms with van der Waals surface area (Å²) in [4.78, 5) is 27.3. The van der Waals surface area contributed by atoms with Crippen LogP contribution in [-0.2, 0) is 9.84 Å². The van der Waals surface area contributed by atoms with Crippen LogP contribution in [-0.4, -0.2) is 78.0 Å². The van der Waals surface area contributed by atoms with E-state index in [2.05, 4.69) is 15.1 Å². The van der Waals surface area contributed by atoms with Crippen molar-refractivity contribution in [1.29, 1.82) is 0 Å². The molecule has 3 heterocycles. The number of piperazine rings is 1. The molecule has 0 saturated carbocycles. The summed E-state index contributed by atoms with van der Waals surface area (Å²) in [5.74, 6) is 0.336. The van der Waals surface area contributed by atoms with Gasteiger partial charge in [0.1, 0.15) is 15.5 Å². The number of carbonyl (C=O) groups excluding carboxylic acids is 1. The fraction of sp³-hybridized carbons (Fsp3) is 0.643. The highest BCUT2D eigenvalue weighted by Crippen LogP contribution is 2.20. The molecule has 23 heavy (non-hydrogen) atoms. The lowest BCUT2D eigenvalue weighted by molar-refractivity contribution is 0.0551. The van der Waals surface area contributed by atoms with E-state index < -0.39 is 9.84 Å². The van der Waals surface area contributed by atoms with Crippen LogP contribution in [0, 0.1) is 0 Å². The Morgan fingerprint density at radius 3 is 2.35 bits per heavy atom. The maximum Gasteiger partial charge on any atom is 0.274 e.